The predicted octanol–water partition coefficient (Wildman–Crippen LogP) is 4.03. The van der Waals surface area contributed by atoms with E-state index in [1.165, 1.54) is 6.39 Å². The van der Waals surface area contributed by atoms with Crippen molar-refractivity contribution < 1.29 is 18.7 Å². The van der Waals surface area contributed by atoms with E-state index in [2.05, 4.69) is 10.3 Å². The van der Waals surface area contributed by atoms with Gasteiger partial charge in [-0.15, -0.1) is 0 Å². The fraction of sp³-hybridized carbons (Fsp3) is 0.227. The van der Waals surface area contributed by atoms with E-state index in [1.807, 2.05) is 13.0 Å². The lowest BCUT2D eigenvalue weighted by Crippen LogP contribution is -2.40. The molecule has 1 aromatic heterocycles. The van der Waals surface area contributed by atoms with Gasteiger partial charge in [-0.2, -0.15) is 0 Å². The monoisotopic (exact) mass is 425 g/mol. The molecule has 0 bridgehead atoms. The normalized spacial score (nSPS) is 13.9. The minimum atomic E-state index is -0.447. The average molecular weight is 426 g/mol. The Morgan fingerprint density at radius 3 is 2.70 bits per heavy atom. The average Bonchev–Trinajstić information content (AvgIpc) is 3.26. The van der Waals surface area contributed by atoms with Crippen molar-refractivity contribution in [3.05, 3.63) is 70.7 Å². The molecule has 0 unspecified atom stereocenters. The largest absolute Gasteiger partial charge is 0.443 e. The number of carbonyl (C=O) groups excluding carboxylic acids is 2. The highest BCUT2D eigenvalue weighted by molar-refractivity contribution is 6.31. The molecule has 0 atom stereocenters. The molecule has 2 amide bonds. The van der Waals surface area contributed by atoms with Gasteiger partial charge < -0.3 is 19.4 Å². The highest BCUT2D eigenvalue weighted by Crippen LogP contribution is 2.29. The van der Waals surface area contributed by atoms with Gasteiger partial charge in [-0.05, 0) is 30.7 Å². The van der Waals surface area contributed by atoms with Crippen LogP contribution in [-0.2, 0) is 4.74 Å². The van der Waals surface area contributed by atoms with E-state index in [0.29, 0.717) is 48.1 Å². The third kappa shape index (κ3) is 4.08. The smallest absolute Gasteiger partial charge is 0.278 e. The third-order valence-corrected chi connectivity index (χ3v) is 5.17. The number of halogens is 1. The van der Waals surface area contributed by atoms with E-state index in [-0.39, 0.29) is 17.4 Å². The van der Waals surface area contributed by atoms with Crippen LogP contribution in [0.5, 0.6) is 0 Å². The summed E-state index contributed by atoms with van der Waals surface area (Å²) in [4.78, 5) is 31.8. The Labute approximate surface area is 178 Å². The van der Waals surface area contributed by atoms with Crippen LogP contribution >= 0.6 is 11.6 Å². The molecule has 3 aromatic rings. The van der Waals surface area contributed by atoms with Crippen LogP contribution < -0.4 is 5.32 Å². The van der Waals surface area contributed by atoms with Crippen molar-refractivity contribution in [2.45, 2.75) is 6.92 Å². The lowest BCUT2D eigenvalue weighted by atomic mass is 10.0. The Morgan fingerprint density at radius 1 is 1.13 bits per heavy atom. The molecular weight excluding hydrogens is 406 g/mol. The van der Waals surface area contributed by atoms with Crippen molar-refractivity contribution in [2.75, 3.05) is 31.6 Å². The SMILES string of the molecule is Cc1ccc(Cl)cc1NC(=O)c1ncoc1-c1ccccc1C(=O)N1CCOCC1. The standard InChI is InChI=1S/C22H20ClN3O4/c1-14-6-7-15(23)12-18(14)25-21(27)19-20(30-13-24-19)16-4-2-3-5-17(16)22(28)26-8-10-29-11-9-26/h2-7,12-13H,8-11H2,1H3,(H,25,27). The summed E-state index contributed by atoms with van der Waals surface area (Å²) in [5.74, 6) is -0.343. The Morgan fingerprint density at radius 2 is 1.90 bits per heavy atom. The van der Waals surface area contributed by atoms with Crippen molar-refractivity contribution in [1.29, 1.82) is 0 Å². The van der Waals surface area contributed by atoms with E-state index < -0.39 is 5.91 Å². The van der Waals surface area contributed by atoms with Crippen LogP contribution in [-0.4, -0.2) is 48.0 Å². The molecule has 154 valence electrons. The molecule has 1 saturated heterocycles. The van der Waals surface area contributed by atoms with E-state index in [9.17, 15) is 9.59 Å². The van der Waals surface area contributed by atoms with Gasteiger partial charge in [0.15, 0.2) is 17.8 Å². The first-order valence-electron chi connectivity index (χ1n) is 9.52. The third-order valence-electron chi connectivity index (χ3n) is 4.93. The van der Waals surface area contributed by atoms with Crippen LogP contribution in [0.3, 0.4) is 0 Å². The Kier molecular flexibility index (Phi) is 5.83. The summed E-state index contributed by atoms with van der Waals surface area (Å²) < 4.78 is 10.9. The van der Waals surface area contributed by atoms with Gasteiger partial charge in [0.05, 0.1) is 18.8 Å². The second kappa shape index (κ2) is 8.69. The van der Waals surface area contributed by atoms with Crippen molar-refractivity contribution in [3.63, 3.8) is 0 Å². The molecule has 7 nitrogen and oxygen atoms in total. The molecule has 8 heteroatoms. The zero-order valence-electron chi connectivity index (χ0n) is 16.4. The number of morpholine rings is 1. The molecule has 1 aliphatic heterocycles. The Balaban J connectivity index is 1.66. The van der Waals surface area contributed by atoms with Gasteiger partial charge in [0.1, 0.15) is 0 Å². The number of hydrogen-bond donors (Lipinski definition) is 1. The summed E-state index contributed by atoms with van der Waals surface area (Å²) in [6, 6.07) is 12.3. The van der Waals surface area contributed by atoms with Crippen LogP contribution in [0, 0.1) is 6.92 Å². The van der Waals surface area contributed by atoms with Crippen molar-refractivity contribution in [2.24, 2.45) is 0 Å². The quantitative estimate of drug-likeness (QED) is 0.682. The first-order valence-corrected chi connectivity index (χ1v) is 9.90. The van der Waals surface area contributed by atoms with Crippen molar-refractivity contribution in [1.82, 2.24) is 9.88 Å². The second-order valence-corrected chi connectivity index (χ2v) is 7.33. The summed E-state index contributed by atoms with van der Waals surface area (Å²) in [6.07, 6.45) is 1.20. The Bertz CT molecular complexity index is 1090. The summed E-state index contributed by atoms with van der Waals surface area (Å²) in [7, 11) is 0. The summed E-state index contributed by atoms with van der Waals surface area (Å²) in [5, 5.41) is 3.33. The number of nitrogens with one attached hydrogen (secondary N) is 1. The number of carbonyl (C=O) groups is 2. The first kappa shape index (κ1) is 20.1. The molecule has 0 aliphatic carbocycles. The zero-order chi connectivity index (χ0) is 21.1. The van der Waals surface area contributed by atoms with Crippen molar-refractivity contribution in [3.8, 4) is 11.3 Å². The van der Waals surface area contributed by atoms with E-state index in [4.69, 9.17) is 20.8 Å². The van der Waals surface area contributed by atoms with Crippen LogP contribution in [0.1, 0.15) is 26.4 Å². The fourth-order valence-electron chi connectivity index (χ4n) is 3.31. The molecule has 30 heavy (non-hydrogen) atoms. The molecular formula is C22H20ClN3O4. The number of benzene rings is 2. The number of rotatable bonds is 4. The molecule has 2 heterocycles. The first-order chi connectivity index (χ1) is 14.5. The van der Waals surface area contributed by atoms with Gasteiger partial charge in [0.25, 0.3) is 11.8 Å². The number of oxazole rings is 1. The molecule has 1 N–H and O–H groups in total. The van der Waals surface area contributed by atoms with Crippen LogP contribution in [0.4, 0.5) is 5.69 Å². The van der Waals surface area contributed by atoms with E-state index in [0.717, 1.165) is 5.56 Å². The van der Waals surface area contributed by atoms with Crippen LogP contribution in [0.2, 0.25) is 5.02 Å². The number of aryl methyl sites for hydroxylation is 1. The van der Waals surface area contributed by atoms with Gasteiger partial charge in [-0.25, -0.2) is 4.98 Å². The number of ether oxygens (including phenoxy) is 1. The highest BCUT2D eigenvalue weighted by atomic mass is 35.5. The summed E-state index contributed by atoms with van der Waals surface area (Å²) >= 11 is 6.05. The zero-order valence-corrected chi connectivity index (χ0v) is 17.1. The Hall–Kier alpha value is -3.16. The molecule has 2 aromatic carbocycles. The number of hydrogen-bond acceptors (Lipinski definition) is 5. The second-order valence-electron chi connectivity index (χ2n) is 6.89. The predicted molar refractivity (Wildman–Crippen MR) is 113 cm³/mol. The maximum atomic E-state index is 13.1. The van der Waals surface area contributed by atoms with Gasteiger partial charge >= 0.3 is 0 Å². The lowest BCUT2D eigenvalue weighted by molar-refractivity contribution is 0.0303. The maximum Gasteiger partial charge on any atom is 0.278 e. The summed E-state index contributed by atoms with van der Waals surface area (Å²) in [5.41, 5.74) is 2.50. The molecule has 1 fully saturated rings. The minimum absolute atomic E-state index is 0.0941. The number of anilines is 1. The highest BCUT2D eigenvalue weighted by Gasteiger charge is 2.26. The maximum absolute atomic E-state index is 13.1. The van der Waals surface area contributed by atoms with Gasteiger partial charge in [0.2, 0.25) is 0 Å². The van der Waals surface area contributed by atoms with Crippen LogP contribution in [0.25, 0.3) is 11.3 Å². The van der Waals surface area contributed by atoms with Gasteiger partial charge in [0, 0.05) is 29.4 Å². The molecule has 0 radical (unpaired) electrons. The number of aromatic nitrogens is 1. The number of amides is 2. The number of nitrogens with zero attached hydrogens (tertiary/aromatic N) is 2. The fourth-order valence-corrected chi connectivity index (χ4v) is 3.49. The summed E-state index contributed by atoms with van der Waals surface area (Å²) in [6.45, 7) is 3.91. The minimum Gasteiger partial charge on any atom is -0.443 e. The topological polar surface area (TPSA) is 84.7 Å². The lowest BCUT2D eigenvalue weighted by Gasteiger charge is -2.27. The van der Waals surface area contributed by atoms with Crippen molar-refractivity contribution >= 4 is 29.1 Å². The molecule has 0 spiro atoms. The van der Waals surface area contributed by atoms with E-state index >= 15 is 0 Å². The van der Waals surface area contributed by atoms with E-state index in [1.54, 1.807) is 41.3 Å². The molecule has 1 aliphatic rings. The van der Waals surface area contributed by atoms with Gasteiger partial charge in [-0.3, -0.25) is 9.59 Å². The molecule has 4 rings (SSSR count). The van der Waals surface area contributed by atoms with Gasteiger partial charge in [-0.1, -0.05) is 35.9 Å². The van der Waals surface area contributed by atoms with Crippen LogP contribution in [0.15, 0.2) is 53.3 Å². The molecule has 0 saturated carbocycles.